The topological polar surface area (TPSA) is 44.7 Å². The molecule has 0 aliphatic heterocycles. The van der Waals surface area contributed by atoms with Gasteiger partial charge in [-0.1, -0.05) is 26.7 Å². The van der Waals surface area contributed by atoms with Crippen LogP contribution in [-0.4, -0.2) is 49.6 Å². The highest BCUT2D eigenvalue weighted by Crippen LogP contribution is 1.95. The summed E-state index contributed by atoms with van der Waals surface area (Å²) in [5, 5.41) is 14.1. The number of aliphatic hydroxyl groups excluding tert-OH is 1. The highest BCUT2D eigenvalue weighted by molar-refractivity contribution is 4.48. The average molecular weight is 232 g/mol. The molecular weight excluding hydrogens is 204 g/mol. The van der Waals surface area contributed by atoms with Crippen molar-refractivity contribution < 1.29 is 9.94 Å². The lowest BCUT2D eigenvalue weighted by molar-refractivity contribution is -0.162. The Bertz CT molecular complexity index is 134. The number of hydroxylamine groups is 2. The van der Waals surface area contributed by atoms with Gasteiger partial charge in [0.05, 0.1) is 13.2 Å². The number of hydrogen-bond acceptors (Lipinski definition) is 4. The lowest BCUT2D eigenvalue weighted by atomic mass is 10.3. The maximum absolute atomic E-state index is 8.87. The first-order valence-electron chi connectivity index (χ1n) is 6.54. The third-order valence-corrected chi connectivity index (χ3v) is 2.37. The van der Waals surface area contributed by atoms with Crippen molar-refractivity contribution in [2.75, 3.05) is 39.4 Å². The van der Waals surface area contributed by atoms with Crippen LogP contribution in [0.25, 0.3) is 0 Å². The second kappa shape index (κ2) is 12.9. The minimum absolute atomic E-state index is 0.160. The summed E-state index contributed by atoms with van der Waals surface area (Å²) < 4.78 is 0. The summed E-state index contributed by atoms with van der Waals surface area (Å²) in [6.07, 6.45) is 4.71. The number of aliphatic hydroxyl groups is 1. The van der Waals surface area contributed by atoms with Crippen molar-refractivity contribution in [3.05, 3.63) is 0 Å². The fraction of sp³-hybridized carbons (Fsp3) is 1.00. The standard InChI is InChI=1S/C12H28N2O2/c1-3-5-7-13-8-12-16-14(10-11-15)9-6-4-2/h13,15H,3-12H2,1-2H3. The summed E-state index contributed by atoms with van der Waals surface area (Å²) in [5.74, 6) is 0. The Hall–Kier alpha value is -0.160. The molecule has 4 nitrogen and oxygen atoms in total. The molecule has 0 fully saturated rings. The first-order chi connectivity index (χ1) is 7.85. The van der Waals surface area contributed by atoms with E-state index in [2.05, 4.69) is 19.2 Å². The van der Waals surface area contributed by atoms with Crippen molar-refractivity contribution in [2.24, 2.45) is 0 Å². The number of nitrogens with zero attached hydrogens (tertiary/aromatic N) is 1. The van der Waals surface area contributed by atoms with Crippen LogP contribution in [0.2, 0.25) is 0 Å². The second-order valence-electron chi connectivity index (χ2n) is 3.94. The van der Waals surface area contributed by atoms with E-state index in [4.69, 9.17) is 9.94 Å². The van der Waals surface area contributed by atoms with E-state index >= 15 is 0 Å². The molecule has 0 aliphatic carbocycles. The van der Waals surface area contributed by atoms with Crippen LogP contribution in [0.1, 0.15) is 39.5 Å². The first kappa shape index (κ1) is 15.8. The number of nitrogens with one attached hydrogen (secondary N) is 1. The van der Waals surface area contributed by atoms with Gasteiger partial charge in [-0.3, -0.25) is 4.84 Å². The van der Waals surface area contributed by atoms with Crippen LogP contribution in [0.15, 0.2) is 0 Å². The molecule has 0 atom stereocenters. The fourth-order valence-electron chi connectivity index (χ4n) is 1.36. The van der Waals surface area contributed by atoms with Crippen LogP contribution in [0, 0.1) is 0 Å². The zero-order chi connectivity index (χ0) is 12.1. The minimum atomic E-state index is 0.160. The predicted molar refractivity (Wildman–Crippen MR) is 67.3 cm³/mol. The van der Waals surface area contributed by atoms with Crippen molar-refractivity contribution in [3.8, 4) is 0 Å². The summed E-state index contributed by atoms with van der Waals surface area (Å²) in [5.41, 5.74) is 0. The monoisotopic (exact) mass is 232 g/mol. The maximum Gasteiger partial charge on any atom is 0.0809 e. The first-order valence-corrected chi connectivity index (χ1v) is 6.54. The van der Waals surface area contributed by atoms with Gasteiger partial charge >= 0.3 is 0 Å². The summed E-state index contributed by atoms with van der Waals surface area (Å²) >= 11 is 0. The second-order valence-corrected chi connectivity index (χ2v) is 3.94. The Morgan fingerprint density at radius 3 is 2.44 bits per heavy atom. The largest absolute Gasteiger partial charge is 0.395 e. The van der Waals surface area contributed by atoms with Crippen LogP contribution in [0.4, 0.5) is 0 Å². The Balaban J connectivity index is 3.36. The third-order valence-electron chi connectivity index (χ3n) is 2.37. The van der Waals surface area contributed by atoms with Crippen molar-refractivity contribution >= 4 is 0 Å². The molecule has 2 N–H and O–H groups in total. The number of unbranched alkanes of at least 4 members (excludes halogenated alkanes) is 2. The van der Waals surface area contributed by atoms with Gasteiger partial charge in [0.15, 0.2) is 0 Å². The van der Waals surface area contributed by atoms with E-state index in [9.17, 15) is 0 Å². The van der Waals surface area contributed by atoms with Gasteiger partial charge in [-0.25, -0.2) is 0 Å². The molecule has 0 radical (unpaired) electrons. The molecule has 0 saturated heterocycles. The molecule has 0 bridgehead atoms. The molecule has 0 aromatic rings. The highest BCUT2D eigenvalue weighted by atomic mass is 16.7. The minimum Gasteiger partial charge on any atom is -0.395 e. The lowest BCUT2D eigenvalue weighted by Gasteiger charge is -2.20. The molecule has 0 unspecified atom stereocenters. The molecular formula is C12H28N2O2. The molecule has 4 heteroatoms. The number of rotatable bonds is 12. The summed E-state index contributed by atoms with van der Waals surface area (Å²) in [6, 6.07) is 0. The lowest BCUT2D eigenvalue weighted by Crippen LogP contribution is -2.32. The predicted octanol–water partition coefficient (Wildman–Crippen LogP) is 1.40. The molecule has 0 saturated carbocycles. The van der Waals surface area contributed by atoms with Gasteiger partial charge in [0.1, 0.15) is 0 Å². The van der Waals surface area contributed by atoms with Crippen molar-refractivity contribution in [3.63, 3.8) is 0 Å². The van der Waals surface area contributed by atoms with Crippen molar-refractivity contribution in [1.29, 1.82) is 0 Å². The Morgan fingerprint density at radius 2 is 1.81 bits per heavy atom. The van der Waals surface area contributed by atoms with Gasteiger partial charge in [0, 0.05) is 19.6 Å². The van der Waals surface area contributed by atoms with Gasteiger partial charge < -0.3 is 10.4 Å². The zero-order valence-corrected chi connectivity index (χ0v) is 10.9. The van der Waals surface area contributed by atoms with Crippen molar-refractivity contribution in [2.45, 2.75) is 39.5 Å². The van der Waals surface area contributed by atoms with Gasteiger partial charge in [0.25, 0.3) is 0 Å². The van der Waals surface area contributed by atoms with Crippen LogP contribution in [0.5, 0.6) is 0 Å². The quantitative estimate of drug-likeness (QED) is 0.394. The molecule has 16 heavy (non-hydrogen) atoms. The van der Waals surface area contributed by atoms with Crippen LogP contribution in [0.3, 0.4) is 0 Å². The normalized spacial score (nSPS) is 11.2. The molecule has 0 aromatic heterocycles. The molecule has 98 valence electrons. The van der Waals surface area contributed by atoms with Crippen LogP contribution in [-0.2, 0) is 4.84 Å². The Labute approximate surface area is 99.9 Å². The van der Waals surface area contributed by atoms with Crippen LogP contribution < -0.4 is 5.32 Å². The van der Waals surface area contributed by atoms with E-state index in [-0.39, 0.29) is 6.61 Å². The number of hydrogen-bond donors (Lipinski definition) is 2. The fourth-order valence-corrected chi connectivity index (χ4v) is 1.36. The summed E-state index contributed by atoms with van der Waals surface area (Å²) in [6.45, 7) is 8.65. The van der Waals surface area contributed by atoms with Gasteiger partial charge in [-0.05, 0) is 19.4 Å². The Kier molecular flexibility index (Phi) is 12.8. The Morgan fingerprint density at radius 1 is 1.06 bits per heavy atom. The van der Waals surface area contributed by atoms with E-state index in [0.29, 0.717) is 13.2 Å². The van der Waals surface area contributed by atoms with Gasteiger partial charge in [0.2, 0.25) is 0 Å². The molecule has 0 heterocycles. The van der Waals surface area contributed by atoms with E-state index in [1.165, 1.54) is 12.8 Å². The summed E-state index contributed by atoms with van der Waals surface area (Å²) in [4.78, 5) is 5.58. The molecule has 0 spiro atoms. The van der Waals surface area contributed by atoms with E-state index < -0.39 is 0 Å². The highest BCUT2D eigenvalue weighted by Gasteiger charge is 2.03. The van der Waals surface area contributed by atoms with E-state index in [0.717, 1.165) is 32.5 Å². The smallest absolute Gasteiger partial charge is 0.0809 e. The van der Waals surface area contributed by atoms with Gasteiger partial charge in [-0.15, -0.1) is 0 Å². The SMILES string of the molecule is CCCCNCCON(CCO)CCCC. The van der Waals surface area contributed by atoms with Crippen LogP contribution >= 0.6 is 0 Å². The molecule has 0 aliphatic rings. The van der Waals surface area contributed by atoms with E-state index in [1.807, 2.05) is 5.06 Å². The molecule has 0 amide bonds. The summed E-state index contributed by atoms with van der Waals surface area (Å²) in [7, 11) is 0. The molecule has 0 rings (SSSR count). The third kappa shape index (κ3) is 10.4. The van der Waals surface area contributed by atoms with E-state index in [1.54, 1.807) is 0 Å². The average Bonchev–Trinajstić information content (AvgIpc) is 2.30. The van der Waals surface area contributed by atoms with Gasteiger partial charge in [-0.2, -0.15) is 5.06 Å². The maximum atomic E-state index is 8.87. The van der Waals surface area contributed by atoms with Crippen molar-refractivity contribution in [1.82, 2.24) is 10.4 Å². The molecule has 0 aromatic carbocycles. The zero-order valence-electron chi connectivity index (χ0n) is 10.9.